The van der Waals surface area contributed by atoms with Gasteiger partial charge in [0.2, 0.25) is 5.89 Å². The maximum atomic E-state index is 12.4. The maximum Gasteiger partial charge on any atom is 0.257 e. The van der Waals surface area contributed by atoms with Gasteiger partial charge in [-0.25, -0.2) is 0 Å². The summed E-state index contributed by atoms with van der Waals surface area (Å²) in [7, 11) is 1.56. The number of nitrogens with zero attached hydrogens (tertiary/aromatic N) is 5. The van der Waals surface area contributed by atoms with Crippen molar-refractivity contribution >= 4 is 5.91 Å². The van der Waals surface area contributed by atoms with E-state index in [1.165, 1.54) is 6.20 Å². The zero-order valence-corrected chi connectivity index (χ0v) is 13.4. The average Bonchev–Trinajstić information content (AvgIpc) is 3.19. The number of amides is 1. The number of aromatic amines is 1. The number of H-pyrrole nitrogens is 1. The van der Waals surface area contributed by atoms with Crippen LogP contribution in [0.1, 0.15) is 22.1 Å². The lowest BCUT2D eigenvalue weighted by molar-refractivity contribution is 0.0661. The van der Waals surface area contributed by atoms with E-state index in [1.54, 1.807) is 18.2 Å². The summed E-state index contributed by atoms with van der Waals surface area (Å²) in [5, 5.41) is 20.4. The van der Waals surface area contributed by atoms with E-state index in [4.69, 9.17) is 9.26 Å². The van der Waals surface area contributed by atoms with E-state index >= 15 is 0 Å². The molecule has 0 unspecified atom stereocenters. The number of ether oxygens (including phenoxy) is 1. The van der Waals surface area contributed by atoms with E-state index in [9.17, 15) is 9.90 Å². The highest BCUT2D eigenvalue weighted by Crippen LogP contribution is 2.11. The second kappa shape index (κ2) is 7.51. The van der Waals surface area contributed by atoms with Gasteiger partial charge in [0.15, 0.2) is 5.82 Å². The van der Waals surface area contributed by atoms with Crippen molar-refractivity contribution in [1.29, 1.82) is 0 Å². The number of methoxy groups -OCH3 is 1. The van der Waals surface area contributed by atoms with Gasteiger partial charge in [0.1, 0.15) is 6.61 Å². The van der Waals surface area contributed by atoms with Crippen LogP contribution >= 0.6 is 0 Å². The van der Waals surface area contributed by atoms with Gasteiger partial charge >= 0.3 is 0 Å². The Morgan fingerprint density at radius 2 is 2.38 bits per heavy atom. The molecule has 0 bridgehead atoms. The molecule has 0 saturated carbocycles. The number of hydrogen-bond donors (Lipinski definition) is 2. The van der Waals surface area contributed by atoms with Gasteiger partial charge in [-0.2, -0.15) is 10.1 Å². The molecule has 1 saturated heterocycles. The predicted octanol–water partition coefficient (Wildman–Crippen LogP) is -0.742. The molecule has 130 valence electrons. The van der Waals surface area contributed by atoms with Gasteiger partial charge < -0.3 is 19.3 Å². The fraction of sp³-hybridized carbons (Fsp3) is 0.571. The molecule has 1 amide bonds. The highest BCUT2D eigenvalue weighted by atomic mass is 16.5. The number of rotatable bonds is 5. The Balaban J connectivity index is 1.60. The molecular formula is C14H20N6O4. The molecule has 24 heavy (non-hydrogen) atoms. The van der Waals surface area contributed by atoms with Crippen LogP contribution in [0.5, 0.6) is 0 Å². The normalized spacial score (nSPS) is 19.4. The maximum absolute atomic E-state index is 12.4. The van der Waals surface area contributed by atoms with Gasteiger partial charge in [-0.3, -0.25) is 14.8 Å². The van der Waals surface area contributed by atoms with E-state index in [-0.39, 0.29) is 12.5 Å². The molecule has 10 heteroatoms. The van der Waals surface area contributed by atoms with Crippen molar-refractivity contribution in [3.8, 4) is 0 Å². The van der Waals surface area contributed by atoms with E-state index in [0.717, 1.165) is 0 Å². The van der Waals surface area contributed by atoms with Crippen molar-refractivity contribution in [3.05, 3.63) is 29.7 Å². The average molecular weight is 336 g/mol. The van der Waals surface area contributed by atoms with Crippen molar-refractivity contribution in [2.24, 2.45) is 0 Å². The van der Waals surface area contributed by atoms with Crippen LogP contribution in [0.2, 0.25) is 0 Å². The molecular weight excluding hydrogens is 316 g/mol. The third-order valence-electron chi connectivity index (χ3n) is 3.76. The minimum Gasteiger partial charge on any atom is -0.390 e. The van der Waals surface area contributed by atoms with Gasteiger partial charge in [-0.1, -0.05) is 5.16 Å². The lowest BCUT2D eigenvalue weighted by Gasteiger charge is -2.20. The molecule has 1 atom stereocenters. The molecule has 2 aromatic heterocycles. The number of nitrogens with one attached hydrogen (secondary N) is 1. The molecule has 10 nitrogen and oxygen atoms in total. The fourth-order valence-electron chi connectivity index (χ4n) is 2.67. The first-order valence-electron chi connectivity index (χ1n) is 7.64. The summed E-state index contributed by atoms with van der Waals surface area (Å²) in [6.07, 6.45) is 2.38. The highest BCUT2D eigenvalue weighted by molar-refractivity contribution is 5.93. The predicted molar refractivity (Wildman–Crippen MR) is 80.8 cm³/mol. The second-order valence-electron chi connectivity index (χ2n) is 5.66. The number of aliphatic hydroxyl groups excluding tert-OH is 1. The van der Waals surface area contributed by atoms with Gasteiger partial charge in [0, 0.05) is 39.5 Å². The van der Waals surface area contributed by atoms with Crippen molar-refractivity contribution in [3.63, 3.8) is 0 Å². The minimum atomic E-state index is -0.648. The Hall–Kier alpha value is -2.30. The standard InChI is InChI=1S/C14H20N6O4/c1-23-9-12-17-13(24-18-12)8-19-2-3-20(7-11(21)6-19)14(22)10-4-15-16-5-10/h4-5,11,21H,2-3,6-9H2,1H3,(H,15,16)/t11-/m1/s1. The summed E-state index contributed by atoms with van der Waals surface area (Å²) >= 11 is 0. The molecule has 0 radical (unpaired) electrons. The number of carbonyl (C=O) groups is 1. The lowest BCUT2D eigenvalue weighted by atomic mass is 10.2. The van der Waals surface area contributed by atoms with E-state index in [2.05, 4.69) is 20.3 Å². The van der Waals surface area contributed by atoms with E-state index in [0.29, 0.717) is 50.1 Å². The molecule has 3 rings (SSSR count). The Morgan fingerprint density at radius 1 is 1.50 bits per heavy atom. The molecule has 0 spiro atoms. The first-order chi connectivity index (χ1) is 11.7. The van der Waals surface area contributed by atoms with E-state index < -0.39 is 6.10 Å². The topological polar surface area (TPSA) is 121 Å². The Labute approximate surface area is 138 Å². The van der Waals surface area contributed by atoms with Crippen LogP contribution in [0.3, 0.4) is 0 Å². The van der Waals surface area contributed by atoms with Crippen LogP contribution in [-0.4, -0.2) is 80.5 Å². The molecule has 3 heterocycles. The van der Waals surface area contributed by atoms with Crippen molar-refractivity contribution in [1.82, 2.24) is 30.1 Å². The summed E-state index contributed by atoms with van der Waals surface area (Å²) in [5.74, 6) is 0.799. The second-order valence-corrected chi connectivity index (χ2v) is 5.66. The zero-order chi connectivity index (χ0) is 16.9. The summed E-state index contributed by atoms with van der Waals surface area (Å²) in [6.45, 7) is 2.51. The first kappa shape index (κ1) is 16.6. The number of β-amino-alcohol motifs (C(OH)–C–C–N with tert-alkyl or cyclic N) is 1. The smallest absolute Gasteiger partial charge is 0.257 e. The summed E-state index contributed by atoms with van der Waals surface area (Å²) in [6, 6.07) is 0. The number of hydrogen-bond acceptors (Lipinski definition) is 8. The monoisotopic (exact) mass is 336 g/mol. The summed E-state index contributed by atoms with van der Waals surface area (Å²) < 4.78 is 10.1. The largest absolute Gasteiger partial charge is 0.390 e. The van der Waals surface area contributed by atoms with Crippen LogP contribution in [0, 0.1) is 0 Å². The zero-order valence-electron chi connectivity index (χ0n) is 13.4. The van der Waals surface area contributed by atoms with Gasteiger partial charge in [0.25, 0.3) is 5.91 Å². The van der Waals surface area contributed by atoms with Crippen molar-refractivity contribution in [2.75, 3.05) is 33.3 Å². The van der Waals surface area contributed by atoms with Crippen LogP contribution in [-0.2, 0) is 17.9 Å². The molecule has 2 N–H and O–H groups in total. The van der Waals surface area contributed by atoms with Gasteiger partial charge in [-0.15, -0.1) is 0 Å². The SMILES string of the molecule is COCc1noc(CN2CCN(C(=O)c3cn[nH]c3)C[C@H](O)C2)n1. The van der Waals surface area contributed by atoms with Crippen molar-refractivity contribution < 1.29 is 19.2 Å². The van der Waals surface area contributed by atoms with Crippen molar-refractivity contribution in [2.45, 2.75) is 19.3 Å². The molecule has 0 aromatic carbocycles. The van der Waals surface area contributed by atoms with Crippen LogP contribution < -0.4 is 0 Å². The third-order valence-corrected chi connectivity index (χ3v) is 3.76. The summed E-state index contributed by atoms with van der Waals surface area (Å²) in [5.41, 5.74) is 0.483. The molecule has 1 fully saturated rings. The van der Waals surface area contributed by atoms with Crippen LogP contribution in [0.15, 0.2) is 16.9 Å². The van der Waals surface area contributed by atoms with Gasteiger partial charge in [0.05, 0.1) is 24.4 Å². The molecule has 0 aliphatic carbocycles. The summed E-state index contributed by atoms with van der Waals surface area (Å²) in [4.78, 5) is 20.2. The Bertz CT molecular complexity index is 658. The lowest BCUT2D eigenvalue weighted by Crippen LogP contribution is -2.37. The molecule has 1 aliphatic heterocycles. The van der Waals surface area contributed by atoms with E-state index in [1.807, 2.05) is 4.90 Å². The Kier molecular flexibility index (Phi) is 5.18. The fourth-order valence-corrected chi connectivity index (χ4v) is 2.67. The quantitative estimate of drug-likeness (QED) is 0.732. The van der Waals surface area contributed by atoms with Gasteiger partial charge in [-0.05, 0) is 0 Å². The minimum absolute atomic E-state index is 0.148. The third kappa shape index (κ3) is 3.96. The first-order valence-corrected chi connectivity index (χ1v) is 7.64. The number of carbonyl (C=O) groups excluding carboxylic acids is 1. The number of aliphatic hydroxyl groups is 1. The highest BCUT2D eigenvalue weighted by Gasteiger charge is 2.26. The number of aromatic nitrogens is 4. The molecule has 1 aliphatic rings. The Morgan fingerprint density at radius 3 is 3.12 bits per heavy atom. The van der Waals surface area contributed by atoms with Crippen LogP contribution in [0.4, 0.5) is 0 Å². The van der Waals surface area contributed by atoms with Crippen LogP contribution in [0.25, 0.3) is 0 Å². The molecule has 2 aromatic rings.